The number of hydrogen-bond donors (Lipinski definition) is 4. The third-order valence-corrected chi connectivity index (χ3v) is 3.68. The molecule has 8 nitrogen and oxygen atoms in total. The Balaban J connectivity index is 0.00000141. The molecule has 9 heteroatoms. The highest BCUT2D eigenvalue weighted by Gasteiger charge is 2.06. The number of carbonyl (C=O) groups is 2. The van der Waals surface area contributed by atoms with Gasteiger partial charge < -0.3 is 29.7 Å². The molecule has 0 atom stereocenters. The van der Waals surface area contributed by atoms with Gasteiger partial charge >= 0.3 is 7.69 Å². The number of phenols is 2. The van der Waals surface area contributed by atoms with Gasteiger partial charge in [0, 0.05) is 0 Å². The fourth-order valence-electron chi connectivity index (χ4n) is 2.26. The number of carbonyl (C=O) groups excluding carboxylic acids is 2. The summed E-state index contributed by atoms with van der Waals surface area (Å²) in [5.41, 5.74) is 1.33. The molecule has 0 spiro atoms. The number of aromatic hydroxyl groups is 2. The Hall–Kier alpha value is -3.56. The lowest BCUT2D eigenvalue weighted by molar-refractivity contribution is -0.121. The molecule has 30 heavy (non-hydrogen) atoms. The van der Waals surface area contributed by atoms with Crippen molar-refractivity contribution in [2.45, 2.75) is 6.42 Å². The first kappa shape index (κ1) is 24.5. The maximum absolute atomic E-state index is 11.9. The van der Waals surface area contributed by atoms with Gasteiger partial charge in [0.25, 0.3) is 0 Å². The van der Waals surface area contributed by atoms with Crippen molar-refractivity contribution in [3.05, 3.63) is 59.7 Å². The summed E-state index contributed by atoms with van der Waals surface area (Å²) in [7, 11) is 2.87. The van der Waals surface area contributed by atoms with Gasteiger partial charge in [-0.05, 0) is 47.5 Å². The average Bonchev–Trinajstić information content (AvgIpc) is 2.73. The normalized spacial score (nSPS) is 10.4. The minimum atomic E-state index is -0.347. The average molecular weight is 413 g/mol. The lowest BCUT2D eigenvalue weighted by atomic mass is 10.1. The van der Waals surface area contributed by atoms with Crippen LogP contribution in [0.5, 0.6) is 23.0 Å². The highest BCUT2D eigenvalue weighted by atomic mass is 16.5. The van der Waals surface area contributed by atoms with E-state index in [-0.39, 0.29) is 37.2 Å². The summed E-state index contributed by atoms with van der Waals surface area (Å²) in [6.45, 7) is 0. The van der Waals surface area contributed by atoms with E-state index in [4.69, 9.17) is 19.5 Å². The standard InChI is InChI=1S/C21H20O6.BH2O2/c1-26-20-11-14(5-9-18(20)24)3-7-16(22)13-17(23)8-4-15-6-10-19(25)21(12-15)27-2;2-1-3/h3-12,24-25H,13H2,1-2H3;2-3H/b7-3+,8-4+;. The van der Waals surface area contributed by atoms with Crippen molar-refractivity contribution < 1.29 is 39.3 Å². The molecule has 0 aromatic heterocycles. The van der Waals surface area contributed by atoms with Gasteiger partial charge in [-0.15, -0.1) is 0 Å². The van der Waals surface area contributed by atoms with E-state index < -0.39 is 0 Å². The maximum atomic E-state index is 11.9. The number of rotatable bonds is 8. The largest absolute Gasteiger partial charge is 0.504 e. The topological polar surface area (TPSA) is 134 Å². The summed E-state index contributed by atoms with van der Waals surface area (Å²) in [5, 5.41) is 33.1. The fraction of sp³-hybridized carbons (Fsp3) is 0.143. The molecule has 0 fully saturated rings. The summed E-state index contributed by atoms with van der Waals surface area (Å²) in [5.74, 6) is -0.0832. The summed E-state index contributed by atoms with van der Waals surface area (Å²) < 4.78 is 10.00. The van der Waals surface area contributed by atoms with Crippen molar-refractivity contribution in [2.24, 2.45) is 0 Å². The minimum Gasteiger partial charge on any atom is -0.504 e. The van der Waals surface area contributed by atoms with E-state index in [2.05, 4.69) is 0 Å². The Morgan fingerprint density at radius 1 is 0.833 bits per heavy atom. The monoisotopic (exact) mass is 413 g/mol. The number of hydrogen-bond acceptors (Lipinski definition) is 8. The molecule has 0 saturated heterocycles. The Morgan fingerprint density at radius 2 is 1.20 bits per heavy atom. The van der Waals surface area contributed by atoms with Crippen molar-refractivity contribution >= 4 is 31.4 Å². The van der Waals surface area contributed by atoms with Crippen molar-refractivity contribution in [3.63, 3.8) is 0 Å². The van der Waals surface area contributed by atoms with E-state index in [0.29, 0.717) is 22.6 Å². The Morgan fingerprint density at radius 3 is 1.53 bits per heavy atom. The van der Waals surface area contributed by atoms with Crippen LogP contribution in [0.3, 0.4) is 0 Å². The van der Waals surface area contributed by atoms with E-state index in [1.807, 2.05) is 0 Å². The highest BCUT2D eigenvalue weighted by molar-refractivity contribution is 6.13. The van der Waals surface area contributed by atoms with Gasteiger partial charge in [-0.1, -0.05) is 24.3 Å². The second-order valence-corrected chi connectivity index (χ2v) is 5.75. The fourth-order valence-corrected chi connectivity index (χ4v) is 2.26. The zero-order valence-corrected chi connectivity index (χ0v) is 16.5. The van der Waals surface area contributed by atoms with E-state index in [0.717, 1.165) is 0 Å². The summed E-state index contributed by atoms with van der Waals surface area (Å²) in [6.07, 6.45) is 5.44. The molecular formula is C21H22BO8. The molecule has 2 aromatic rings. The zero-order chi connectivity index (χ0) is 22.5. The summed E-state index contributed by atoms with van der Waals surface area (Å²) in [6, 6.07) is 9.34. The second-order valence-electron chi connectivity index (χ2n) is 5.75. The number of allylic oxidation sites excluding steroid dienone is 2. The molecule has 0 aliphatic heterocycles. The van der Waals surface area contributed by atoms with Crippen molar-refractivity contribution in [3.8, 4) is 23.0 Å². The first-order chi connectivity index (χ1) is 14.3. The Labute approximate surface area is 174 Å². The maximum Gasteiger partial charge on any atom is 0.482 e. The van der Waals surface area contributed by atoms with Gasteiger partial charge in [0.15, 0.2) is 34.6 Å². The van der Waals surface area contributed by atoms with Gasteiger partial charge in [-0.2, -0.15) is 0 Å². The number of phenolic OH excluding ortho intramolecular Hbond substituents is 2. The summed E-state index contributed by atoms with van der Waals surface area (Å²) >= 11 is 0. The molecule has 0 saturated carbocycles. The molecule has 4 N–H and O–H groups in total. The smallest absolute Gasteiger partial charge is 0.482 e. The van der Waals surface area contributed by atoms with Gasteiger partial charge in [-0.25, -0.2) is 0 Å². The zero-order valence-electron chi connectivity index (χ0n) is 16.5. The van der Waals surface area contributed by atoms with E-state index >= 15 is 0 Å². The van der Waals surface area contributed by atoms with E-state index in [9.17, 15) is 19.8 Å². The van der Waals surface area contributed by atoms with Crippen LogP contribution in [-0.4, -0.2) is 53.7 Å². The molecular weight excluding hydrogens is 391 g/mol. The lowest BCUT2D eigenvalue weighted by Crippen LogP contribution is -2.01. The van der Waals surface area contributed by atoms with Crippen LogP contribution in [0.1, 0.15) is 17.5 Å². The van der Waals surface area contributed by atoms with Crippen LogP contribution in [0.4, 0.5) is 0 Å². The predicted octanol–water partition coefficient (Wildman–Crippen LogP) is 1.88. The van der Waals surface area contributed by atoms with Gasteiger partial charge in [0.05, 0.1) is 20.6 Å². The van der Waals surface area contributed by atoms with Crippen LogP contribution in [-0.2, 0) is 9.59 Å². The first-order valence-electron chi connectivity index (χ1n) is 8.60. The van der Waals surface area contributed by atoms with Crippen molar-refractivity contribution in [2.75, 3.05) is 14.2 Å². The molecule has 0 bridgehead atoms. The molecule has 2 rings (SSSR count). The van der Waals surface area contributed by atoms with Crippen LogP contribution >= 0.6 is 0 Å². The molecule has 0 aliphatic rings. The van der Waals surface area contributed by atoms with Gasteiger partial charge in [0.2, 0.25) is 0 Å². The summed E-state index contributed by atoms with van der Waals surface area (Å²) in [4.78, 5) is 23.9. The quantitative estimate of drug-likeness (QED) is 0.293. The van der Waals surface area contributed by atoms with Crippen molar-refractivity contribution in [1.82, 2.24) is 0 Å². The molecule has 0 amide bonds. The molecule has 1 radical (unpaired) electrons. The number of ketones is 2. The van der Waals surface area contributed by atoms with Gasteiger partial charge in [0.1, 0.15) is 0 Å². The van der Waals surface area contributed by atoms with Gasteiger partial charge in [-0.3, -0.25) is 9.59 Å². The van der Waals surface area contributed by atoms with Crippen LogP contribution in [0.15, 0.2) is 48.6 Å². The molecule has 0 aliphatic carbocycles. The second kappa shape index (κ2) is 12.8. The van der Waals surface area contributed by atoms with Crippen molar-refractivity contribution in [1.29, 1.82) is 0 Å². The Kier molecular flexibility index (Phi) is 10.5. The SMILES string of the molecule is COc1cc(/C=C/C(=O)CC(=O)/C=C/c2ccc(O)c(OC)c2)ccc1O.O[B]O. The van der Waals surface area contributed by atoms with E-state index in [1.54, 1.807) is 36.4 Å². The third kappa shape index (κ3) is 8.21. The predicted molar refractivity (Wildman–Crippen MR) is 112 cm³/mol. The lowest BCUT2D eigenvalue weighted by Gasteiger charge is -2.03. The van der Waals surface area contributed by atoms with Crippen LogP contribution in [0.25, 0.3) is 12.2 Å². The van der Waals surface area contributed by atoms with Crippen LogP contribution in [0, 0.1) is 0 Å². The number of benzene rings is 2. The third-order valence-electron chi connectivity index (χ3n) is 3.68. The highest BCUT2D eigenvalue weighted by Crippen LogP contribution is 2.27. The van der Waals surface area contributed by atoms with Crippen LogP contribution in [0.2, 0.25) is 0 Å². The molecule has 2 aromatic carbocycles. The van der Waals surface area contributed by atoms with Crippen LogP contribution < -0.4 is 9.47 Å². The number of methoxy groups -OCH3 is 2. The number of ether oxygens (including phenoxy) is 2. The molecule has 157 valence electrons. The molecule has 0 heterocycles. The Bertz CT molecular complexity index is 848. The minimum absolute atomic E-state index is 0. The van der Waals surface area contributed by atoms with E-state index in [1.165, 1.54) is 38.5 Å². The molecule has 0 unspecified atom stereocenters. The first-order valence-corrected chi connectivity index (χ1v) is 8.60.